The van der Waals surface area contributed by atoms with E-state index in [9.17, 15) is 27.6 Å². The van der Waals surface area contributed by atoms with E-state index in [4.69, 9.17) is 4.74 Å². The van der Waals surface area contributed by atoms with Gasteiger partial charge in [-0.15, -0.1) is 0 Å². The number of anilines is 1. The predicted octanol–water partition coefficient (Wildman–Crippen LogP) is 2.35. The highest BCUT2D eigenvalue weighted by atomic mass is 19.4. The lowest BCUT2D eigenvalue weighted by Crippen LogP contribution is -2.41. The van der Waals surface area contributed by atoms with Gasteiger partial charge in [0.1, 0.15) is 12.2 Å². The molecule has 1 N–H and O–H groups in total. The average Bonchev–Trinajstić information content (AvgIpc) is 3.10. The van der Waals surface area contributed by atoms with E-state index in [0.29, 0.717) is 43.5 Å². The number of pyridine rings is 1. The van der Waals surface area contributed by atoms with Gasteiger partial charge in [0.15, 0.2) is 17.3 Å². The number of alkyl halides is 3. The second kappa shape index (κ2) is 8.23. The van der Waals surface area contributed by atoms with Crippen molar-refractivity contribution in [3.8, 4) is 11.5 Å². The summed E-state index contributed by atoms with van der Waals surface area (Å²) in [6.07, 6.45) is -2.39. The number of hydrogen-bond acceptors (Lipinski definition) is 6. The molecule has 2 aliphatic heterocycles. The maximum Gasteiger partial charge on any atom is 0.406 e. The van der Waals surface area contributed by atoms with Crippen LogP contribution in [0.2, 0.25) is 0 Å². The van der Waals surface area contributed by atoms with Crippen molar-refractivity contribution < 1.29 is 36.6 Å². The van der Waals surface area contributed by atoms with Crippen LogP contribution in [0.25, 0.3) is 10.9 Å². The van der Waals surface area contributed by atoms with Gasteiger partial charge >= 0.3 is 6.18 Å². The number of methoxy groups -OCH3 is 1. The molecule has 178 valence electrons. The summed E-state index contributed by atoms with van der Waals surface area (Å²) in [7, 11) is 1.18. The maximum atomic E-state index is 15.3. The summed E-state index contributed by atoms with van der Waals surface area (Å²) < 4.78 is 65.7. The van der Waals surface area contributed by atoms with Crippen LogP contribution in [0.15, 0.2) is 17.1 Å². The van der Waals surface area contributed by atoms with Crippen molar-refractivity contribution in [2.45, 2.75) is 32.0 Å². The molecular formula is C21H21F4N3O5. The second-order valence-corrected chi connectivity index (χ2v) is 8.36. The van der Waals surface area contributed by atoms with Gasteiger partial charge in [-0.05, 0) is 24.3 Å². The Bertz CT molecular complexity index is 1170. The number of nitrogens with one attached hydrogen (secondary N) is 1. The monoisotopic (exact) mass is 471 g/mol. The van der Waals surface area contributed by atoms with Gasteiger partial charge in [0.05, 0.1) is 24.2 Å². The molecule has 33 heavy (non-hydrogen) atoms. The van der Waals surface area contributed by atoms with Crippen molar-refractivity contribution in [3.63, 3.8) is 0 Å². The molecule has 2 fully saturated rings. The first-order chi connectivity index (χ1) is 15.6. The Hall–Kier alpha value is -3.31. The molecule has 1 spiro atoms. The zero-order chi connectivity index (χ0) is 24.0. The first-order valence-electron chi connectivity index (χ1n) is 10.2. The summed E-state index contributed by atoms with van der Waals surface area (Å²) >= 11 is 0. The lowest BCUT2D eigenvalue weighted by Gasteiger charge is -2.40. The number of halogens is 4. The average molecular weight is 471 g/mol. The molecule has 0 atom stereocenters. The van der Waals surface area contributed by atoms with Crippen LogP contribution in [0.3, 0.4) is 0 Å². The molecule has 3 heterocycles. The summed E-state index contributed by atoms with van der Waals surface area (Å²) in [4.78, 5) is 36.7. The highest BCUT2D eigenvalue weighted by Crippen LogP contribution is 2.44. The first kappa shape index (κ1) is 22.9. The van der Waals surface area contributed by atoms with Gasteiger partial charge in [0, 0.05) is 26.1 Å². The summed E-state index contributed by atoms with van der Waals surface area (Å²) in [6, 6.07) is 0.838. The molecule has 12 heteroatoms. The molecule has 0 saturated carbocycles. The Kier molecular flexibility index (Phi) is 5.71. The first-order valence-corrected chi connectivity index (χ1v) is 10.2. The van der Waals surface area contributed by atoms with Crippen LogP contribution in [0.5, 0.6) is 11.5 Å². The van der Waals surface area contributed by atoms with Crippen LogP contribution in [-0.4, -0.2) is 49.9 Å². The van der Waals surface area contributed by atoms with E-state index in [1.165, 1.54) is 7.11 Å². The minimum Gasteiger partial charge on any atom is -0.492 e. The number of carbonyl (C=O) groups is 2. The van der Waals surface area contributed by atoms with Crippen molar-refractivity contribution in [1.29, 1.82) is 0 Å². The molecule has 1 aromatic heterocycles. The minimum absolute atomic E-state index is 0.0394. The smallest absolute Gasteiger partial charge is 0.406 e. The zero-order valence-corrected chi connectivity index (χ0v) is 17.6. The summed E-state index contributed by atoms with van der Waals surface area (Å²) in [5, 5.41) is 2.40. The lowest BCUT2D eigenvalue weighted by molar-refractivity contribution is -0.140. The van der Waals surface area contributed by atoms with Crippen molar-refractivity contribution >= 4 is 29.0 Å². The number of carbonyl (C=O) groups excluding carboxylic acids is 2. The number of piperidine rings is 1. The molecule has 8 nitrogen and oxygen atoms in total. The standard InChI is InChI=1S/C21H21F4N3O5/c1-32-19-16-12(18(31)14(33-11-29)8-28(16)10-21(23,24)25)6-13(22)17(19)27-4-2-20(3-5-27)7-15(30)26-9-20/h6,8,11H,2-5,7,9-10H2,1H3,(H,26,30). The Labute approximate surface area is 185 Å². The van der Waals surface area contributed by atoms with Gasteiger partial charge in [0.2, 0.25) is 11.3 Å². The van der Waals surface area contributed by atoms with E-state index in [0.717, 1.165) is 12.3 Å². The van der Waals surface area contributed by atoms with Crippen LogP contribution < -0.4 is 25.1 Å². The van der Waals surface area contributed by atoms with Crippen LogP contribution in [0, 0.1) is 11.2 Å². The fourth-order valence-corrected chi connectivity index (χ4v) is 4.71. The number of ether oxygens (including phenoxy) is 2. The van der Waals surface area contributed by atoms with Gasteiger partial charge in [-0.1, -0.05) is 0 Å². The van der Waals surface area contributed by atoms with Crippen molar-refractivity contribution in [3.05, 3.63) is 28.3 Å². The second-order valence-electron chi connectivity index (χ2n) is 8.36. The third kappa shape index (κ3) is 4.21. The van der Waals surface area contributed by atoms with Crippen molar-refractivity contribution in [2.75, 3.05) is 31.6 Å². The van der Waals surface area contributed by atoms with Gasteiger partial charge in [-0.25, -0.2) is 4.39 Å². The van der Waals surface area contributed by atoms with E-state index >= 15 is 4.39 Å². The van der Waals surface area contributed by atoms with Crippen LogP contribution >= 0.6 is 0 Å². The van der Waals surface area contributed by atoms with Crippen LogP contribution in [0.4, 0.5) is 23.2 Å². The van der Waals surface area contributed by atoms with E-state index in [2.05, 4.69) is 10.1 Å². The number of aromatic nitrogens is 1. The Morgan fingerprint density at radius 3 is 2.48 bits per heavy atom. The number of amides is 1. The Morgan fingerprint density at radius 1 is 1.24 bits per heavy atom. The number of rotatable bonds is 5. The quantitative estimate of drug-likeness (QED) is 0.532. The Morgan fingerprint density at radius 2 is 1.94 bits per heavy atom. The van der Waals surface area contributed by atoms with E-state index in [1.807, 2.05) is 0 Å². The maximum absolute atomic E-state index is 15.3. The third-order valence-electron chi connectivity index (χ3n) is 6.28. The van der Waals surface area contributed by atoms with E-state index < -0.39 is 35.1 Å². The largest absolute Gasteiger partial charge is 0.492 e. The lowest BCUT2D eigenvalue weighted by atomic mass is 9.77. The van der Waals surface area contributed by atoms with Gasteiger partial charge in [-0.2, -0.15) is 13.2 Å². The highest BCUT2D eigenvalue weighted by Gasteiger charge is 2.42. The molecule has 2 aliphatic rings. The molecule has 4 rings (SSSR count). The SMILES string of the molecule is COc1c(N2CCC3(CC2)CNC(=O)C3)c(F)cc2c(=O)c(OC=O)cn(CC(F)(F)F)c12. The van der Waals surface area contributed by atoms with Gasteiger partial charge < -0.3 is 24.3 Å². The van der Waals surface area contributed by atoms with E-state index in [1.54, 1.807) is 4.90 Å². The fourth-order valence-electron chi connectivity index (χ4n) is 4.71. The summed E-state index contributed by atoms with van der Waals surface area (Å²) in [5.41, 5.74) is -1.48. The number of benzene rings is 1. The molecular weight excluding hydrogens is 450 g/mol. The van der Waals surface area contributed by atoms with Crippen LogP contribution in [0.1, 0.15) is 19.3 Å². The van der Waals surface area contributed by atoms with Gasteiger partial charge in [-0.3, -0.25) is 14.4 Å². The number of hydrogen-bond donors (Lipinski definition) is 1. The van der Waals surface area contributed by atoms with Crippen molar-refractivity contribution in [1.82, 2.24) is 9.88 Å². The zero-order valence-electron chi connectivity index (χ0n) is 17.6. The molecule has 2 aromatic rings. The molecule has 0 bridgehead atoms. The molecule has 2 saturated heterocycles. The molecule has 1 aromatic carbocycles. The molecule has 0 radical (unpaired) electrons. The predicted molar refractivity (Wildman–Crippen MR) is 109 cm³/mol. The topological polar surface area (TPSA) is 89.9 Å². The van der Waals surface area contributed by atoms with Crippen molar-refractivity contribution in [2.24, 2.45) is 5.41 Å². The molecule has 0 aliphatic carbocycles. The fraction of sp³-hybridized carbons (Fsp3) is 0.476. The third-order valence-corrected chi connectivity index (χ3v) is 6.28. The summed E-state index contributed by atoms with van der Waals surface area (Å²) in [5.74, 6) is -1.77. The summed E-state index contributed by atoms with van der Waals surface area (Å²) in [6.45, 7) is -0.374. The normalized spacial score (nSPS) is 18.0. The highest BCUT2D eigenvalue weighted by molar-refractivity contribution is 5.92. The molecule has 1 amide bonds. The van der Waals surface area contributed by atoms with E-state index in [-0.39, 0.29) is 34.7 Å². The Balaban J connectivity index is 1.84. The molecule has 0 unspecified atom stereocenters. The number of nitrogens with zero attached hydrogens (tertiary/aromatic N) is 2. The van der Waals surface area contributed by atoms with Gasteiger partial charge in [0.25, 0.3) is 6.47 Å². The number of fused-ring (bicyclic) bond motifs is 1. The minimum atomic E-state index is -4.68. The van der Waals surface area contributed by atoms with Crippen LogP contribution in [-0.2, 0) is 16.1 Å².